The Labute approximate surface area is 189 Å². The Balaban J connectivity index is 0.000000497. The summed E-state index contributed by atoms with van der Waals surface area (Å²) >= 11 is 0. The third kappa shape index (κ3) is 5.88. The molecule has 0 bridgehead atoms. The quantitative estimate of drug-likeness (QED) is 0.467. The molecule has 0 fully saturated rings. The SMILES string of the molecule is CC(C)C1=[C-]CC=C1.Cc1ccc2c(c1)[cH-]c1cc(C)ccc12.[Cl-].[Cl-].[Zr+4]. The molecule has 3 aromatic carbocycles. The molecule has 0 radical (unpaired) electrons. The van der Waals surface area contributed by atoms with E-state index in [1.54, 1.807) is 0 Å². The zero-order valence-electron chi connectivity index (χ0n) is 15.7. The van der Waals surface area contributed by atoms with E-state index in [9.17, 15) is 0 Å². The molecule has 134 valence electrons. The predicted octanol–water partition coefficient (Wildman–Crippen LogP) is 0.666. The molecular weight excluding hydrogens is 438 g/mol. The Morgan fingerprint density at radius 1 is 0.885 bits per heavy atom. The van der Waals surface area contributed by atoms with Gasteiger partial charge in [0.1, 0.15) is 0 Å². The average molecular weight is 463 g/mol. The molecule has 0 amide bonds. The van der Waals surface area contributed by atoms with Crippen LogP contribution < -0.4 is 24.8 Å². The van der Waals surface area contributed by atoms with Gasteiger partial charge in [-0.05, 0) is 13.8 Å². The predicted molar refractivity (Wildman–Crippen MR) is 102 cm³/mol. The third-order valence-corrected chi connectivity index (χ3v) is 4.36. The van der Waals surface area contributed by atoms with Gasteiger partial charge in [-0.25, -0.2) is 11.6 Å². The summed E-state index contributed by atoms with van der Waals surface area (Å²) in [6, 6.07) is 15.6. The van der Waals surface area contributed by atoms with Crippen LogP contribution in [0.5, 0.6) is 0 Å². The summed E-state index contributed by atoms with van der Waals surface area (Å²) in [7, 11) is 0. The number of allylic oxidation sites excluding steroid dienone is 4. The van der Waals surface area contributed by atoms with Gasteiger partial charge < -0.3 is 24.8 Å². The molecule has 1 aliphatic carbocycles. The van der Waals surface area contributed by atoms with Gasteiger partial charge in [0.05, 0.1) is 0 Å². The minimum Gasteiger partial charge on any atom is -1.00 e. The van der Waals surface area contributed by atoms with E-state index in [1.807, 2.05) is 0 Å². The Bertz CT molecular complexity index is 845. The number of halogens is 2. The van der Waals surface area contributed by atoms with Gasteiger partial charge in [-0.1, -0.05) is 55.2 Å². The van der Waals surface area contributed by atoms with Crippen molar-refractivity contribution >= 4 is 21.5 Å². The monoisotopic (exact) mass is 460 g/mol. The average Bonchev–Trinajstić information content (AvgIpc) is 3.14. The van der Waals surface area contributed by atoms with Crippen molar-refractivity contribution in [3.8, 4) is 0 Å². The molecule has 0 saturated heterocycles. The number of hydrogen-bond donors (Lipinski definition) is 0. The summed E-state index contributed by atoms with van der Waals surface area (Å²) in [5.41, 5.74) is 4.02. The fourth-order valence-electron chi connectivity index (χ4n) is 3.08. The van der Waals surface area contributed by atoms with Gasteiger partial charge in [-0.2, -0.15) is 6.08 Å². The Kier molecular flexibility index (Phi) is 10.9. The van der Waals surface area contributed by atoms with Crippen LogP contribution in [0.1, 0.15) is 31.4 Å². The van der Waals surface area contributed by atoms with E-state index in [4.69, 9.17) is 0 Å². The maximum atomic E-state index is 3.26. The molecule has 26 heavy (non-hydrogen) atoms. The van der Waals surface area contributed by atoms with Crippen molar-refractivity contribution in [3.05, 3.63) is 77.4 Å². The normalized spacial score (nSPS) is 12.0. The van der Waals surface area contributed by atoms with Gasteiger partial charge in [0.15, 0.2) is 0 Å². The summed E-state index contributed by atoms with van der Waals surface area (Å²) in [6.07, 6.45) is 8.59. The van der Waals surface area contributed by atoms with E-state index in [0.717, 1.165) is 6.42 Å². The van der Waals surface area contributed by atoms with Crippen LogP contribution in [0.15, 0.2) is 60.2 Å². The fourth-order valence-corrected chi connectivity index (χ4v) is 3.08. The number of fused-ring (bicyclic) bond motifs is 3. The van der Waals surface area contributed by atoms with Gasteiger partial charge in [-0.3, -0.25) is 6.08 Å². The number of benzene rings is 2. The Morgan fingerprint density at radius 2 is 1.38 bits per heavy atom. The maximum absolute atomic E-state index is 3.26. The van der Waals surface area contributed by atoms with Crippen LogP contribution >= 0.6 is 0 Å². The summed E-state index contributed by atoms with van der Waals surface area (Å²) < 4.78 is 0. The molecule has 3 aromatic rings. The van der Waals surface area contributed by atoms with Crippen LogP contribution in [0.4, 0.5) is 0 Å². The van der Waals surface area contributed by atoms with E-state index in [2.05, 4.69) is 88.4 Å². The first-order valence-corrected chi connectivity index (χ1v) is 8.38. The molecule has 0 heterocycles. The standard InChI is InChI=1S/C15H13.C8H11.2ClH.Zr/c1-10-3-5-14-12(7-10)9-13-8-11(2)4-6-15(13)14;1-7(2)8-5-3-4-6-8;;;/h3-9H,1-2H3;3,5,7H,4H2,1-2H3;2*1H;/q2*-1;;;+4/p-2. The minimum absolute atomic E-state index is 0. The van der Waals surface area contributed by atoms with Crippen LogP contribution in [0.2, 0.25) is 0 Å². The van der Waals surface area contributed by atoms with Crippen molar-refractivity contribution in [3.63, 3.8) is 0 Å². The molecule has 0 atom stereocenters. The molecule has 4 rings (SSSR count). The molecule has 0 saturated carbocycles. The second-order valence-electron chi connectivity index (χ2n) is 6.72. The molecule has 0 spiro atoms. The zero-order valence-corrected chi connectivity index (χ0v) is 19.7. The first-order valence-electron chi connectivity index (χ1n) is 8.38. The zero-order chi connectivity index (χ0) is 16.4. The molecule has 0 N–H and O–H groups in total. The van der Waals surface area contributed by atoms with Crippen molar-refractivity contribution in [2.45, 2.75) is 34.1 Å². The minimum atomic E-state index is 0. The molecule has 3 heteroatoms. The first-order chi connectivity index (χ1) is 11.0. The van der Waals surface area contributed by atoms with Gasteiger partial charge in [0.2, 0.25) is 0 Å². The van der Waals surface area contributed by atoms with Gasteiger partial charge in [0, 0.05) is 0 Å². The first kappa shape index (κ1) is 25.3. The largest absolute Gasteiger partial charge is 4.00 e. The summed E-state index contributed by atoms with van der Waals surface area (Å²) in [5, 5.41) is 5.46. The van der Waals surface area contributed by atoms with Crippen LogP contribution in [-0.2, 0) is 26.2 Å². The summed E-state index contributed by atoms with van der Waals surface area (Å²) in [4.78, 5) is 0. The summed E-state index contributed by atoms with van der Waals surface area (Å²) in [6.45, 7) is 8.67. The molecule has 0 aromatic heterocycles. The molecular formula is C23H24Cl2Zr. The van der Waals surface area contributed by atoms with E-state index < -0.39 is 0 Å². The third-order valence-electron chi connectivity index (χ3n) is 4.36. The van der Waals surface area contributed by atoms with Crippen molar-refractivity contribution in [1.82, 2.24) is 0 Å². The van der Waals surface area contributed by atoms with Crippen LogP contribution in [0.3, 0.4) is 0 Å². The van der Waals surface area contributed by atoms with Crippen molar-refractivity contribution in [1.29, 1.82) is 0 Å². The van der Waals surface area contributed by atoms with Gasteiger partial charge >= 0.3 is 26.2 Å². The fraction of sp³-hybridized carbons (Fsp3) is 0.261. The number of aryl methyl sites for hydroxylation is 2. The van der Waals surface area contributed by atoms with Crippen LogP contribution in [0, 0.1) is 25.8 Å². The molecule has 1 aliphatic rings. The second kappa shape index (κ2) is 11.2. The van der Waals surface area contributed by atoms with Gasteiger partial charge in [-0.15, -0.1) is 46.2 Å². The summed E-state index contributed by atoms with van der Waals surface area (Å²) in [5.74, 6) is 0.661. The molecule has 0 unspecified atom stereocenters. The topological polar surface area (TPSA) is 0 Å². The van der Waals surface area contributed by atoms with Crippen LogP contribution in [-0.4, -0.2) is 0 Å². The van der Waals surface area contributed by atoms with Crippen molar-refractivity contribution in [2.75, 3.05) is 0 Å². The smallest absolute Gasteiger partial charge is 1.00 e. The molecule has 0 nitrogen and oxygen atoms in total. The molecule has 0 aliphatic heterocycles. The van der Waals surface area contributed by atoms with E-state index in [1.165, 1.54) is 38.2 Å². The maximum Gasteiger partial charge on any atom is 4.00 e. The Hall–Kier alpha value is -0.747. The van der Waals surface area contributed by atoms with Crippen molar-refractivity contribution in [2.24, 2.45) is 5.92 Å². The van der Waals surface area contributed by atoms with Crippen LogP contribution in [0.25, 0.3) is 21.5 Å². The van der Waals surface area contributed by atoms with Gasteiger partial charge in [0.25, 0.3) is 0 Å². The number of hydrogen-bond acceptors (Lipinski definition) is 0. The van der Waals surface area contributed by atoms with Crippen molar-refractivity contribution < 1.29 is 51.0 Å². The van der Waals surface area contributed by atoms with E-state index in [-0.39, 0.29) is 51.0 Å². The number of rotatable bonds is 1. The Morgan fingerprint density at radius 3 is 1.73 bits per heavy atom. The van der Waals surface area contributed by atoms with E-state index >= 15 is 0 Å². The second-order valence-corrected chi connectivity index (χ2v) is 6.72. The van der Waals surface area contributed by atoms with E-state index in [0.29, 0.717) is 5.92 Å².